The normalized spacial score (nSPS) is 20.2. The molecular formula is C34H41F2N5O5S. The van der Waals surface area contributed by atoms with Gasteiger partial charge in [0.05, 0.1) is 19.8 Å². The van der Waals surface area contributed by atoms with Crippen LogP contribution < -0.4 is 25.2 Å². The molecule has 6 rings (SSSR count). The van der Waals surface area contributed by atoms with Crippen LogP contribution in [-0.2, 0) is 11.3 Å². The summed E-state index contributed by atoms with van der Waals surface area (Å²) in [4.78, 5) is 38.9. The number of fused-ring (bicyclic) bond motifs is 1. The molecule has 2 N–H and O–H groups in total. The number of pyridine rings is 2. The van der Waals surface area contributed by atoms with Crippen molar-refractivity contribution in [3.05, 3.63) is 63.2 Å². The standard InChI is InChI=1S/C34H41F2N5O5S/c1-20-15-27(47-4)26(33(43)39-20)18-38-32(42)24-16-25(22-5-6-29(37-17-22)41-11-13-44-14-12-41)31-30(21(24)2)45-34(3,46-31)23-7-9-40(10-8-23)19-28(35)36/h5-6,15-17,23,28H,7-14,18-19H2,1-4H3,(H,38,42)(H,39,43)/t34-/m1/s1. The number of alkyl halides is 2. The molecule has 2 saturated heterocycles. The molecule has 1 aromatic carbocycles. The summed E-state index contributed by atoms with van der Waals surface area (Å²) in [6, 6.07) is 7.60. The smallest absolute Gasteiger partial charge is 0.254 e. The Morgan fingerprint density at radius 1 is 1.13 bits per heavy atom. The van der Waals surface area contributed by atoms with Gasteiger partial charge in [0, 0.05) is 77.1 Å². The lowest BCUT2D eigenvalue weighted by molar-refractivity contribution is -0.126. The maximum Gasteiger partial charge on any atom is 0.254 e. The van der Waals surface area contributed by atoms with Crippen molar-refractivity contribution >= 4 is 23.5 Å². The number of amides is 1. The first kappa shape index (κ1) is 33.2. The van der Waals surface area contributed by atoms with Crippen molar-refractivity contribution in [3.63, 3.8) is 0 Å². The molecule has 1 amide bonds. The van der Waals surface area contributed by atoms with Gasteiger partial charge in [-0.25, -0.2) is 13.8 Å². The van der Waals surface area contributed by atoms with Crippen molar-refractivity contribution < 1.29 is 27.8 Å². The number of piperidine rings is 1. The van der Waals surface area contributed by atoms with Gasteiger partial charge in [-0.1, -0.05) is 0 Å². The molecule has 47 heavy (non-hydrogen) atoms. The first-order valence-corrected chi connectivity index (χ1v) is 17.2. The van der Waals surface area contributed by atoms with Crippen LogP contribution in [0.4, 0.5) is 14.6 Å². The van der Waals surface area contributed by atoms with E-state index < -0.39 is 12.2 Å². The van der Waals surface area contributed by atoms with Crippen molar-refractivity contribution in [3.8, 4) is 22.6 Å². The molecule has 3 aliphatic rings. The van der Waals surface area contributed by atoms with E-state index in [-0.39, 0.29) is 30.5 Å². The van der Waals surface area contributed by atoms with Crippen LogP contribution in [0.2, 0.25) is 0 Å². The van der Waals surface area contributed by atoms with Gasteiger partial charge in [-0.2, -0.15) is 0 Å². The largest absolute Gasteiger partial charge is 0.448 e. The number of anilines is 1. The third-order valence-electron chi connectivity index (χ3n) is 9.33. The van der Waals surface area contributed by atoms with Gasteiger partial charge in [-0.05, 0) is 70.3 Å². The molecule has 1 atom stereocenters. The van der Waals surface area contributed by atoms with Gasteiger partial charge >= 0.3 is 0 Å². The minimum atomic E-state index is -2.37. The average molecular weight is 670 g/mol. The fourth-order valence-electron chi connectivity index (χ4n) is 6.66. The second kappa shape index (κ2) is 13.8. The molecule has 5 heterocycles. The van der Waals surface area contributed by atoms with Crippen molar-refractivity contribution in [1.82, 2.24) is 20.2 Å². The Hall–Kier alpha value is -3.68. The van der Waals surface area contributed by atoms with Crippen LogP contribution in [0.15, 0.2) is 40.2 Å². The number of aromatic amines is 1. The van der Waals surface area contributed by atoms with E-state index in [0.717, 1.165) is 35.1 Å². The maximum atomic E-state index is 13.8. The molecule has 2 fully saturated rings. The summed E-state index contributed by atoms with van der Waals surface area (Å²) in [5, 5.41) is 2.95. The second-order valence-electron chi connectivity index (χ2n) is 12.5. The topological polar surface area (TPSA) is 109 Å². The van der Waals surface area contributed by atoms with Gasteiger partial charge in [-0.15, -0.1) is 11.8 Å². The molecule has 10 nitrogen and oxygen atoms in total. The monoisotopic (exact) mass is 669 g/mol. The van der Waals surface area contributed by atoms with E-state index in [1.165, 1.54) is 11.8 Å². The zero-order chi connectivity index (χ0) is 33.3. The predicted octanol–water partition coefficient (Wildman–Crippen LogP) is 5.01. The number of carbonyl (C=O) groups excluding carboxylic acids is 1. The van der Waals surface area contributed by atoms with Crippen LogP contribution in [0.1, 0.15) is 46.9 Å². The van der Waals surface area contributed by atoms with Crippen LogP contribution in [-0.4, -0.2) is 85.2 Å². The number of aryl methyl sites for hydroxylation is 1. The lowest BCUT2D eigenvalue weighted by atomic mass is 9.89. The second-order valence-corrected chi connectivity index (χ2v) is 13.3. The van der Waals surface area contributed by atoms with E-state index in [1.807, 2.05) is 45.2 Å². The Morgan fingerprint density at radius 3 is 2.51 bits per heavy atom. The number of morpholine rings is 1. The molecule has 0 saturated carbocycles. The van der Waals surface area contributed by atoms with Crippen LogP contribution in [0.5, 0.6) is 11.5 Å². The van der Waals surface area contributed by atoms with E-state index >= 15 is 0 Å². The number of ether oxygens (including phenoxy) is 3. The van der Waals surface area contributed by atoms with Crippen LogP contribution in [0.3, 0.4) is 0 Å². The fraction of sp³-hybridized carbons (Fsp3) is 0.500. The lowest BCUT2D eigenvalue weighted by Crippen LogP contribution is -2.49. The fourth-order valence-corrected chi connectivity index (χ4v) is 7.37. The van der Waals surface area contributed by atoms with Crippen LogP contribution >= 0.6 is 11.8 Å². The minimum absolute atomic E-state index is 0.0478. The van der Waals surface area contributed by atoms with Crippen LogP contribution in [0, 0.1) is 19.8 Å². The summed E-state index contributed by atoms with van der Waals surface area (Å²) >= 11 is 1.45. The maximum absolute atomic E-state index is 13.8. The number of halogens is 2. The number of nitrogens with one attached hydrogen (secondary N) is 2. The van der Waals surface area contributed by atoms with Gasteiger partial charge in [0.2, 0.25) is 0 Å². The van der Waals surface area contributed by atoms with Gasteiger partial charge in [0.1, 0.15) is 5.82 Å². The first-order chi connectivity index (χ1) is 22.6. The van der Waals surface area contributed by atoms with Gasteiger partial charge in [0.15, 0.2) is 11.5 Å². The van der Waals surface area contributed by atoms with E-state index in [4.69, 9.17) is 19.2 Å². The number of hydrogen-bond acceptors (Lipinski definition) is 9. The summed E-state index contributed by atoms with van der Waals surface area (Å²) in [6.07, 6.45) is 2.57. The molecule has 252 valence electrons. The molecule has 0 unspecified atom stereocenters. The number of benzene rings is 1. The molecule has 13 heteroatoms. The van der Waals surface area contributed by atoms with E-state index in [0.29, 0.717) is 72.9 Å². The third kappa shape index (κ3) is 6.97. The Balaban J connectivity index is 1.32. The van der Waals surface area contributed by atoms with Crippen molar-refractivity contribution in [2.45, 2.75) is 57.3 Å². The molecule has 2 aromatic heterocycles. The van der Waals surface area contributed by atoms with Gasteiger partial charge < -0.3 is 29.4 Å². The summed E-state index contributed by atoms with van der Waals surface area (Å²) in [5.74, 6) is 0.390. The molecule has 3 aliphatic heterocycles. The molecule has 0 aliphatic carbocycles. The van der Waals surface area contributed by atoms with E-state index in [2.05, 4.69) is 15.2 Å². The quantitative estimate of drug-likeness (QED) is 0.304. The summed E-state index contributed by atoms with van der Waals surface area (Å²) < 4.78 is 44.8. The van der Waals surface area contributed by atoms with Gasteiger partial charge in [0.25, 0.3) is 23.7 Å². The minimum Gasteiger partial charge on any atom is -0.448 e. The Kier molecular flexibility index (Phi) is 9.77. The summed E-state index contributed by atoms with van der Waals surface area (Å²) in [5.41, 5.74) is 3.43. The zero-order valence-corrected chi connectivity index (χ0v) is 28.0. The summed E-state index contributed by atoms with van der Waals surface area (Å²) in [6.45, 7) is 9.19. The average Bonchev–Trinajstić information content (AvgIpc) is 3.43. The molecule has 3 aromatic rings. The number of thioether (sulfide) groups is 1. The number of hydrogen-bond donors (Lipinski definition) is 2. The summed E-state index contributed by atoms with van der Waals surface area (Å²) in [7, 11) is 0. The Labute approximate surface area is 277 Å². The Bertz CT molecular complexity index is 1670. The SMILES string of the molecule is CSc1cc(C)[nH]c(=O)c1CNC(=O)c1cc(-c2ccc(N3CCOCC3)nc2)c2c(c1C)O[C@@](C)(C1CCN(CC(F)F)CC1)O2. The van der Waals surface area contributed by atoms with Crippen molar-refractivity contribution in [2.75, 3.05) is 57.1 Å². The first-order valence-electron chi connectivity index (χ1n) is 16.0. The number of carbonyl (C=O) groups is 1. The van der Waals surface area contributed by atoms with Crippen LogP contribution in [0.25, 0.3) is 11.1 Å². The number of nitrogens with zero attached hydrogens (tertiary/aromatic N) is 3. The van der Waals surface area contributed by atoms with E-state index in [9.17, 15) is 18.4 Å². The Morgan fingerprint density at radius 2 is 1.85 bits per heavy atom. The molecule has 0 radical (unpaired) electrons. The highest BCUT2D eigenvalue weighted by Crippen LogP contribution is 2.52. The molecule has 0 spiro atoms. The predicted molar refractivity (Wildman–Crippen MR) is 177 cm³/mol. The van der Waals surface area contributed by atoms with Crippen molar-refractivity contribution in [2.24, 2.45) is 5.92 Å². The highest BCUT2D eigenvalue weighted by molar-refractivity contribution is 7.98. The highest BCUT2D eigenvalue weighted by Gasteiger charge is 2.47. The molecular weight excluding hydrogens is 628 g/mol. The van der Waals surface area contributed by atoms with Gasteiger partial charge in [-0.3, -0.25) is 14.5 Å². The van der Waals surface area contributed by atoms with Crippen molar-refractivity contribution in [1.29, 1.82) is 0 Å². The van der Waals surface area contributed by atoms with E-state index in [1.54, 1.807) is 17.2 Å². The third-order valence-corrected chi connectivity index (χ3v) is 10.1. The number of likely N-dealkylation sites (tertiary alicyclic amines) is 1. The zero-order valence-electron chi connectivity index (χ0n) is 27.2. The lowest BCUT2D eigenvalue weighted by Gasteiger charge is -2.38. The molecule has 0 bridgehead atoms. The highest BCUT2D eigenvalue weighted by atomic mass is 32.2. The number of aromatic nitrogens is 2. The number of rotatable bonds is 9. The number of H-pyrrole nitrogens is 1.